The molecule has 6 nitrogen and oxygen atoms in total. The van der Waals surface area contributed by atoms with Crippen LogP contribution in [-0.4, -0.2) is 55.3 Å². The molecule has 1 unspecified atom stereocenters. The van der Waals surface area contributed by atoms with Gasteiger partial charge in [0, 0.05) is 61.6 Å². The van der Waals surface area contributed by atoms with Crippen LogP contribution in [0, 0.1) is 12.7 Å². The molecule has 5 N–H and O–H groups in total. The summed E-state index contributed by atoms with van der Waals surface area (Å²) in [6.45, 7) is 8.44. The Hall–Kier alpha value is -0.936. The summed E-state index contributed by atoms with van der Waals surface area (Å²) < 4.78 is 53.0. The van der Waals surface area contributed by atoms with Crippen molar-refractivity contribution in [3.63, 3.8) is 0 Å². The molecule has 11 heteroatoms. The van der Waals surface area contributed by atoms with Crippen LogP contribution in [-0.2, 0) is 39.3 Å². The number of nitrogens with two attached hydrogens (primary N) is 1. The molecule has 2 aliphatic rings. The summed E-state index contributed by atoms with van der Waals surface area (Å²) in [6.07, 6.45) is 0.706. The van der Waals surface area contributed by atoms with E-state index in [4.69, 9.17) is 5.73 Å². The number of aromatic nitrogens is 1. The summed E-state index contributed by atoms with van der Waals surface area (Å²) in [4.78, 5) is 5.12. The normalized spacial score (nSPS) is 18.1. The molecule has 1 aromatic rings. The first-order valence-electron chi connectivity index (χ1n) is 10.7. The summed E-state index contributed by atoms with van der Waals surface area (Å²) in [5.41, 5.74) is 9.96. The zero-order valence-corrected chi connectivity index (χ0v) is 22.8. The number of aromatic amines is 1. The Bertz CT molecular complexity index is 753. The van der Waals surface area contributed by atoms with Crippen LogP contribution in [0.3, 0.4) is 0 Å². The molecule has 1 aliphatic heterocycles. The van der Waals surface area contributed by atoms with E-state index >= 15 is 0 Å². The molecule has 0 spiro atoms. The first kappa shape index (κ1) is 32.1. The van der Waals surface area contributed by atoms with Crippen molar-refractivity contribution in [1.82, 2.24) is 15.2 Å². The van der Waals surface area contributed by atoms with Crippen molar-refractivity contribution < 1.29 is 50.3 Å². The minimum absolute atomic E-state index is 0. The average Bonchev–Trinajstić information content (AvgIpc) is 3.58. The average molecular weight is 549 g/mol. The Labute approximate surface area is 219 Å². The molecule has 1 saturated heterocycles. The number of piperidine rings is 1. The Morgan fingerprint density at radius 3 is 2.36 bits per heavy atom. The molecule has 2 fully saturated rings. The van der Waals surface area contributed by atoms with E-state index in [0.29, 0.717) is 17.8 Å². The Kier molecular flexibility index (Phi) is 14.7. The SMILES string of the molecule is C=C(NCc1[nH]c(C)c(/C=C(\C)C(F)(F)F)c1F)N(C1CC1)C1CCC[N-]C1.CN.C[NH-].[Y]. The summed E-state index contributed by atoms with van der Waals surface area (Å²) in [5, 5.41) is 7.65. The maximum Gasteiger partial charge on any atom is 0.412 e. The number of hydrogen-bond acceptors (Lipinski definition) is 3. The van der Waals surface area contributed by atoms with Gasteiger partial charge < -0.3 is 32.0 Å². The smallest absolute Gasteiger partial charge is 0.412 e. The van der Waals surface area contributed by atoms with E-state index in [9.17, 15) is 17.6 Å². The van der Waals surface area contributed by atoms with Gasteiger partial charge in [-0.05, 0) is 46.2 Å². The van der Waals surface area contributed by atoms with Gasteiger partial charge in [-0.2, -0.15) is 20.2 Å². The molecule has 1 saturated carbocycles. The van der Waals surface area contributed by atoms with Crippen molar-refractivity contribution in [3.8, 4) is 0 Å². The van der Waals surface area contributed by atoms with Gasteiger partial charge in [0.05, 0.1) is 18.1 Å². The number of halogens is 4. The van der Waals surface area contributed by atoms with Gasteiger partial charge in [-0.25, -0.2) is 4.39 Å². The van der Waals surface area contributed by atoms with Crippen LogP contribution >= 0.6 is 0 Å². The molecule has 2 heterocycles. The van der Waals surface area contributed by atoms with Crippen molar-refractivity contribution >= 4 is 6.08 Å². The maximum absolute atomic E-state index is 14.7. The number of alkyl halides is 3. The zero-order chi connectivity index (χ0) is 24.5. The summed E-state index contributed by atoms with van der Waals surface area (Å²) in [6, 6.07) is 0.755. The fraction of sp³-hybridized carbons (Fsp3) is 0.636. The fourth-order valence-corrected chi connectivity index (χ4v) is 3.64. The standard InChI is InChI=1S/C20H27F4N4.CH5N.CH4N.Y/c1-12(20(22,23)24)9-17-13(2)27-18(19(17)21)11-26-14(3)28(15-6-7-15)16-5-4-8-25-10-16;2*1-2;/h9,15-16,26-27H,3-8,10-11H2,1-2H3;2H2,1H3;2H,1H3;/q-1;;-1;/b12-9+;;;. The van der Waals surface area contributed by atoms with Crippen LogP contribution in [0.5, 0.6) is 0 Å². The van der Waals surface area contributed by atoms with Gasteiger partial charge >= 0.3 is 6.18 Å². The van der Waals surface area contributed by atoms with E-state index < -0.39 is 17.6 Å². The predicted molar refractivity (Wildman–Crippen MR) is 123 cm³/mol. The van der Waals surface area contributed by atoms with Crippen molar-refractivity contribution in [1.29, 1.82) is 0 Å². The van der Waals surface area contributed by atoms with Crippen LogP contribution in [0.2, 0.25) is 0 Å². The van der Waals surface area contributed by atoms with Gasteiger partial charge in [0.25, 0.3) is 0 Å². The second kappa shape index (κ2) is 15.1. The van der Waals surface area contributed by atoms with Crippen LogP contribution in [0.4, 0.5) is 17.6 Å². The Balaban J connectivity index is 0.00000194. The van der Waals surface area contributed by atoms with Crippen molar-refractivity contribution in [3.05, 3.63) is 51.8 Å². The molecular weight excluding hydrogens is 513 g/mol. The number of allylic oxidation sites excluding steroid dienone is 1. The Morgan fingerprint density at radius 2 is 1.88 bits per heavy atom. The Morgan fingerprint density at radius 1 is 1.27 bits per heavy atom. The van der Waals surface area contributed by atoms with Gasteiger partial charge in [-0.3, -0.25) is 0 Å². The zero-order valence-electron chi connectivity index (χ0n) is 19.9. The van der Waals surface area contributed by atoms with Crippen molar-refractivity contribution in [2.45, 2.75) is 64.3 Å². The number of hydrogen-bond donors (Lipinski definition) is 3. The summed E-state index contributed by atoms with van der Waals surface area (Å²) >= 11 is 0. The monoisotopic (exact) mass is 549 g/mol. The summed E-state index contributed by atoms with van der Waals surface area (Å²) in [7, 11) is 2.75. The third-order valence-corrected chi connectivity index (χ3v) is 5.36. The predicted octanol–water partition coefficient (Wildman–Crippen LogP) is 5.23. The van der Waals surface area contributed by atoms with E-state index in [1.54, 1.807) is 6.92 Å². The number of nitrogens with zero attached hydrogens (tertiary/aromatic N) is 2. The second-order valence-electron chi connectivity index (χ2n) is 7.65. The third kappa shape index (κ3) is 9.32. The first-order chi connectivity index (χ1) is 15.2. The van der Waals surface area contributed by atoms with Crippen LogP contribution in [0.15, 0.2) is 18.0 Å². The number of rotatable bonds is 7. The third-order valence-electron chi connectivity index (χ3n) is 5.36. The molecule has 3 rings (SSSR count). The van der Waals surface area contributed by atoms with Crippen molar-refractivity contribution in [2.24, 2.45) is 5.73 Å². The van der Waals surface area contributed by atoms with E-state index in [-0.39, 0.29) is 50.5 Å². The van der Waals surface area contributed by atoms with Gasteiger partial charge in [-0.1, -0.05) is 13.0 Å². The molecule has 0 amide bonds. The molecule has 1 aliphatic carbocycles. The van der Waals surface area contributed by atoms with Crippen LogP contribution in [0.25, 0.3) is 17.1 Å². The molecule has 0 bridgehead atoms. The van der Waals surface area contributed by atoms with E-state index in [1.807, 2.05) is 0 Å². The number of nitrogens with one attached hydrogen (secondary N) is 3. The molecular formula is C22H36F4N6Y-2. The van der Waals surface area contributed by atoms with Crippen LogP contribution < -0.4 is 11.1 Å². The largest absolute Gasteiger partial charge is 0.680 e. The van der Waals surface area contributed by atoms with E-state index in [1.165, 1.54) is 14.1 Å². The van der Waals surface area contributed by atoms with Gasteiger partial charge in [0.15, 0.2) is 5.82 Å². The quantitative estimate of drug-likeness (QED) is 0.407. The van der Waals surface area contributed by atoms with Gasteiger partial charge in [-0.15, -0.1) is 13.1 Å². The number of H-pyrrole nitrogens is 1. The maximum atomic E-state index is 14.7. The van der Waals surface area contributed by atoms with E-state index in [0.717, 1.165) is 57.6 Å². The van der Waals surface area contributed by atoms with E-state index in [2.05, 4.69) is 32.8 Å². The summed E-state index contributed by atoms with van der Waals surface area (Å²) in [5.74, 6) is 0.0619. The van der Waals surface area contributed by atoms with Crippen molar-refractivity contribution in [2.75, 3.05) is 27.2 Å². The van der Waals surface area contributed by atoms with Gasteiger partial charge in [0.2, 0.25) is 0 Å². The molecule has 33 heavy (non-hydrogen) atoms. The van der Waals surface area contributed by atoms with Gasteiger partial charge in [0.1, 0.15) is 0 Å². The topological polar surface area (TPSA) is 95.0 Å². The molecule has 0 aromatic carbocycles. The fourth-order valence-electron chi connectivity index (χ4n) is 3.64. The molecule has 187 valence electrons. The minimum atomic E-state index is -4.47. The number of aryl methyl sites for hydroxylation is 1. The molecule has 1 atom stereocenters. The molecule has 1 aromatic heterocycles. The second-order valence-corrected chi connectivity index (χ2v) is 7.65. The molecule has 1 radical (unpaired) electrons. The first-order valence-corrected chi connectivity index (χ1v) is 10.7. The van der Waals surface area contributed by atoms with Crippen LogP contribution in [0.1, 0.15) is 49.6 Å². The minimum Gasteiger partial charge on any atom is -0.680 e.